The summed E-state index contributed by atoms with van der Waals surface area (Å²) in [5.74, 6) is 0.102. The Balaban J connectivity index is 2.06. The van der Waals surface area contributed by atoms with Gasteiger partial charge in [-0.1, -0.05) is 12.8 Å². The highest BCUT2D eigenvalue weighted by molar-refractivity contribution is 9.11. The van der Waals surface area contributed by atoms with Crippen molar-refractivity contribution in [3.8, 4) is 0 Å². The molecule has 0 atom stereocenters. The van der Waals surface area contributed by atoms with Gasteiger partial charge in [0.25, 0.3) is 5.91 Å². The van der Waals surface area contributed by atoms with Crippen molar-refractivity contribution in [2.45, 2.75) is 31.7 Å². The van der Waals surface area contributed by atoms with Crippen LogP contribution < -0.4 is 0 Å². The van der Waals surface area contributed by atoms with Gasteiger partial charge >= 0.3 is 0 Å². The smallest absolute Gasteiger partial charge is 0.265 e. The predicted octanol–water partition coefficient (Wildman–Crippen LogP) is 2.92. The van der Waals surface area contributed by atoms with Crippen molar-refractivity contribution >= 4 is 33.2 Å². The van der Waals surface area contributed by atoms with Gasteiger partial charge in [-0.05, 0) is 28.8 Å². The molecule has 0 saturated heterocycles. The van der Waals surface area contributed by atoms with Crippen LogP contribution in [0, 0.1) is 0 Å². The lowest BCUT2D eigenvalue weighted by Gasteiger charge is -2.23. The van der Waals surface area contributed by atoms with E-state index in [1.165, 1.54) is 24.2 Å². The van der Waals surface area contributed by atoms with Gasteiger partial charge in [0.1, 0.15) is 4.88 Å². The summed E-state index contributed by atoms with van der Waals surface area (Å²) in [6.45, 7) is 0. The van der Waals surface area contributed by atoms with Gasteiger partial charge in [0.2, 0.25) is 0 Å². The Labute approximate surface area is 102 Å². The molecule has 0 radical (unpaired) electrons. The summed E-state index contributed by atoms with van der Waals surface area (Å²) in [5.41, 5.74) is 0. The van der Waals surface area contributed by atoms with Crippen molar-refractivity contribution in [3.63, 3.8) is 0 Å². The van der Waals surface area contributed by atoms with E-state index in [0.29, 0.717) is 6.04 Å². The van der Waals surface area contributed by atoms with E-state index in [9.17, 15) is 4.79 Å². The first-order valence-corrected chi connectivity index (χ1v) is 6.68. The molecular formula is C10H13BrN2OS. The van der Waals surface area contributed by atoms with Crippen LogP contribution in [0.5, 0.6) is 0 Å². The zero-order valence-electron chi connectivity index (χ0n) is 8.57. The number of hydrogen-bond donors (Lipinski definition) is 0. The minimum absolute atomic E-state index is 0.102. The Morgan fingerprint density at radius 1 is 1.60 bits per heavy atom. The van der Waals surface area contributed by atoms with Crippen LogP contribution in [0.4, 0.5) is 0 Å². The minimum Gasteiger partial charge on any atom is -0.338 e. The van der Waals surface area contributed by atoms with Crippen LogP contribution in [0.1, 0.15) is 35.4 Å². The second kappa shape index (κ2) is 4.61. The lowest BCUT2D eigenvalue weighted by Crippen LogP contribution is -2.34. The average Bonchev–Trinajstić information content (AvgIpc) is 2.85. The lowest BCUT2D eigenvalue weighted by molar-refractivity contribution is 0.0740. The maximum Gasteiger partial charge on any atom is 0.265 e. The molecule has 2 rings (SSSR count). The highest BCUT2D eigenvalue weighted by atomic mass is 79.9. The first-order chi connectivity index (χ1) is 7.18. The Morgan fingerprint density at radius 3 is 2.80 bits per heavy atom. The molecule has 0 unspecified atom stereocenters. The van der Waals surface area contributed by atoms with Crippen LogP contribution in [-0.2, 0) is 0 Å². The molecule has 1 aromatic rings. The van der Waals surface area contributed by atoms with E-state index in [0.717, 1.165) is 21.6 Å². The van der Waals surface area contributed by atoms with Gasteiger partial charge in [-0.15, -0.1) is 11.3 Å². The lowest BCUT2D eigenvalue weighted by atomic mass is 10.2. The number of hydrogen-bond acceptors (Lipinski definition) is 3. The molecule has 0 spiro atoms. The molecule has 1 aromatic heterocycles. The maximum absolute atomic E-state index is 12.0. The fraction of sp³-hybridized carbons (Fsp3) is 0.600. The van der Waals surface area contributed by atoms with Crippen LogP contribution in [0.3, 0.4) is 0 Å². The molecule has 1 fully saturated rings. The van der Waals surface area contributed by atoms with Crippen molar-refractivity contribution in [3.05, 3.63) is 15.0 Å². The molecule has 1 aliphatic rings. The van der Waals surface area contributed by atoms with E-state index in [1.54, 1.807) is 6.20 Å². The van der Waals surface area contributed by atoms with Crippen molar-refractivity contribution in [1.82, 2.24) is 9.88 Å². The molecule has 0 N–H and O–H groups in total. The van der Waals surface area contributed by atoms with Gasteiger partial charge in [0.05, 0.1) is 6.20 Å². The van der Waals surface area contributed by atoms with Crippen molar-refractivity contribution in [2.24, 2.45) is 0 Å². The van der Waals surface area contributed by atoms with Crippen LogP contribution in [-0.4, -0.2) is 28.9 Å². The molecule has 82 valence electrons. The number of rotatable bonds is 2. The van der Waals surface area contributed by atoms with Crippen LogP contribution in [0.25, 0.3) is 0 Å². The number of aromatic nitrogens is 1. The van der Waals surface area contributed by atoms with Crippen LogP contribution >= 0.6 is 27.3 Å². The molecule has 5 heteroatoms. The average molecular weight is 289 g/mol. The summed E-state index contributed by atoms with van der Waals surface area (Å²) in [6.07, 6.45) is 6.41. The highest BCUT2D eigenvalue weighted by Crippen LogP contribution is 2.25. The summed E-state index contributed by atoms with van der Waals surface area (Å²) >= 11 is 4.67. The first-order valence-electron chi connectivity index (χ1n) is 5.07. The summed E-state index contributed by atoms with van der Waals surface area (Å²) in [4.78, 5) is 18.6. The third-order valence-electron chi connectivity index (χ3n) is 2.88. The second-order valence-corrected chi connectivity index (χ2v) is 6.14. The Kier molecular flexibility index (Phi) is 3.41. The summed E-state index contributed by atoms with van der Waals surface area (Å²) < 4.78 is 0.769. The molecule has 1 aliphatic carbocycles. The molecular weight excluding hydrogens is 276 g/mol. The molecule has 0 aliphatic heterocycles. The molecule has 0 bridgehead atoms. The van der Waals surface area contributed by atoms with E-state index in [-0.39, 0.29) is 5.91 Å². The predicted molar refractivity (Wildman–Crippen MR) is 64.2 cm³/mol. The van der Waals surface area contributed by atoms with Gasteiger partial charge in [-0.3, -0.25) is 4.79 Å². The third kappa shape index (κ3) is 2.39. The second-order valence-electron chi connectivity index (χ2n) is 3.83. The Morgan fingerprint density at radius 2 is 2.27 bits per heavy atom. The van der Waals surface area contributed by atoms with Gasteiger partial charge in [-0.25, -0.2) is 4.98 Å². The summed E-state index contributed by atoms with van der Waals surface area (Å²) in [5, 5.41) is 0. The number of amides is 1. The minimum atomic E-state index is 0.102. The quantitative estimate of drug-likeness (QED) is 0.838. The van der Waals surface area contributed by atoms with E-state index in [2.05, 4.69) is 20.9 Å². The topological polar surface area (TPSA) is 33.2 Å². The molecule has 1 amide bonds. The van der Waals surface area contributed by atoms with Crippen LogP contribution in [0.15, 0.2) is 10.1 Å². The molecule has 0 aromatic carbocycles. The zero-order valence-corrected chi connectivity index (χ0v) is 11.0. The number of thiazole rings is 1. The molecule has 1 heterocycles. The number of carbonyl (C=O) groups excluding carboxylic acids is 1. The normalized spacial score (nSPS) is 16.9. The van der Waals surface area contributed by atoms with Crippen molar-refractivity contribution in [1.29, 1.82) is 0 Å². The molecule has 15 heavy (non-hydrogen) atoms. The fourth-order valence-electron chi connectivity index (χ4n) is 1.98. The van der Waals surface area contributed by atoms with E-state index in [4.69, 9.17) is 0 Å². The number of nitrogens with zero attached hydrogens (tertiary/aromatic N) is 2. The first kappa shape index (κ1) is 11.1. The molecule has 3 nitrogen and oxygen atoms in total. The van der Waals surface area contributed by atoms with E-state index >= 15 is 0 Å². The Hall–Kier alpha value is -0.420. The number of halogens is 1. The summed E-state index contributed by atoms with van der Waals surface area (Å²) in [7, 11) is 1.89. The summed E-state index contributed by atoms with van der Waals surface area (Å²) in [6, 6.07) is 0.429. The van der Waals surface area contributed by atoms with Gasteiger partial charge in [-0.2, -0.15) is 0 Å². The highest BCUT2D eigenvalue weighted by Gasteiger charge is 2.25. The van der Waals surface area contributed by atoms with E-state index in [1.807, 2.05) is 11.9 Å². The van der Waals surface area contributed by atoms with E-state index < -0.39 is 0 Å². The zero-order chi connectivity index (χ0) is 10.8. The van der Waals surface area contributed by atoms with Crippen LogP contribution in [0.2, 0.25) is 0 Å². The monoisotopic (exact) mass is 288 g/mol. The third-order valence-corrected chi connectivity index (χ3v) is 4.35. The standard InChI is InChI=1S/C10H13BrN2OS/c1-13(7-4-2-3-5-7)9(14)8-6-12-10(11)15-8/h6-7H,2-5H2,1H3. The SMILES string of the molecule is CN(C(=O)c1cnc(Br)s1)C1CCCC1. The van der Waals surface area contributed by atoms with Gasteiger partial charge in [0.15, 0.2) is 3.92 Å². The Bertz CT molecular complexity index is 360. The maximum atomic E-state index is 12.0. The number of carbonyl (C=O) groups is 1. The fourth-order valence-corrected chi connectivity index (χ4v) is 3.23. The van der Waals surface area contributed by atoms with Crippen molar-refractivity contribution in [2.75, 3.05) is 7.05 Å². The van der Waals surface area contributed by atoms with Gasteiger partial charge < -0.3 is 4.90 Å². The van der Waals surface area contributed by atoms with Crippen molar-refractivity contribution < 1.29 is 4.79 Å². The molecule has 1 saturated carbocycles. The van der Waals surface area contributed by atoms with Gasteiger partial charge in [0, 0.05) is 13.1 Å². The largest absolute Gasteiger partial charge is 0.338 e.